The highest BCUT2D eigenvalue weighted by molar-refractivity contribution is 5.80. The minimum atomic E-state index is -2.96. The van der Waals surface area contributed by atoms with Crippen molar-refractivity contribution in [1.82, 2.24) is 9.97 Å². The summed E-state index contributed by atoms with van der Waals surface area (Å²) in [4.78, 5) is 7.11. The van der Waals surface area contributed by atoms with Gasteiger partial charge in [-0.2, -0.15) is 0 Å². The van der Waals surface area contributed by atoms with E-state index in [1.54, 1.807) is 18.3 Å². The highest BCUT2D eigenvalue weighted by atomic mass is 19.3. The zero-order valence-corrected chi connectivity index (χ0v) is 14.0. The van der Waals surface area contributed by atoms with E-state index in [1.807, 2.05) is 13.8 Å². The first-order chi connectivity index (χ1) is 11.2. The molecule has 0 aliphatic rings. The molecule has 134 valence electrons. The average molecular weight is 344 g/mol. The van der Waals surface area contributed by atoms with Gasteiger partial charge in [-0.05, 0) is 32.3 Å². The van der Waals surface area contributed by atoms with E-state index >= 15 is 0 Å². The summed E-state index contributed by atoms with van der Waals surface area (Å²) in [7, 11) is 0. The largest absolute Gasteiger partial charge is 0.475 e. The van der Waals surface area contributed by atoms with Crippen LogP contribution in [0.3, 0.4) is 0 Å². The van der Waals surface area contributed by atoms with E-state index < -0.39 is 24.6 Å². The molecule has 0 amide bonds. The number of nitrogens with zero attached hydrogens (tertiary/aromatic N) is 1. The molecule has 0 aliphatic carbocycles. The maximum absolute atomic E-state index is 13.3. The van der Waals surface area contributed by atoms with Crippen LogP contribution in [0.1, 0.15) is 32.9 Å². The fraction of sp³-hybridized carbons (Fsp3) is 0.588. The van der Waals surface area contributed by atoms with Crippen LogP contribution in [0.15, 0.2) is 18.3 Å². The molecule has 2 aromatic rings. The minimum Gasteiger partial charge on any atom is -0.475 e. The number of pyridine rings is 1. The van der Waals surface area contributed by atoms with Crippen LogP contribution in [-0.2, 0) is 6.42 Å². The number of alkyl halides is 3. The van der Waals surface area contributed by atoms with Gasteiger partial charge in [0.05, 0.1) is 24.5 Å². The fourth-order valence-corrected chi connectivity index (χ4v) is 2.70. The van der Waals surface area contributed by atoms with Crippen molar-refractivity contribution < 1.29 is 23.0 Å². The van der Waals surface area contributed by atoms with Gasteiger partial charge >= 0.3 is 0 Å². The monoisotopic (exact) mass is 344 g/mol. The molecule has 2 N–H and O–H groups in total. The van der Waals surface area contributed by atoms with Crippen LogP contribution in [0.2, 0.25) is 0 Å². The number of aromatic nitrogens is 2. The summed E-state index contributed by atoms with van der Waals surface area (Å²) in [5.41, 5.74) is -1.16. The summed E-state index contributed by atoms with van der Waals surface area (Å²) >= 11 is 0. The summed E-state index contributed by atoms with van der Waals surface area (Å²) in [6, 6.07) is 3.39. The van der Waals surface area contributed by atoms with Crippen LogP contribution in [0, 0.1) is 5.92 Å². The molecule has 2 heterocycles. The molecule has 4 nitrogen and oxygen atoms in total. The molecule has 2 rings (SSSR count). The summed E-state index contributed by atoms with van der Waals surface area (Å²) in [6.45, 7) is 4.51. The molecule has 0 bridgehead atoms. The van der Waals surface area contributed by atoms with E-state index in [0.29, 0.717) is 17.1 Å². The topological polar surface area (TPSA) is 58.1 Å². The van der Waals surface area contributed by atoms with Crippen molar-refractivity contribution in [3.63, 3.8) is 0 Å². The van der Waals surface area contributed by atoms with Crippen molar-refractivity contribution in [2.45, 2.75) is 51.7 Å². The van der Waals surface area contributed by atoms with Crippen molar-refractivity contribution in [2.24, 2.45) is 5.92 Å². The number of fused-ring (bicyclic) bond motifs is 1. The Morgan fingerprint density at radius 2 is 2.00 bits per heavy atom. The molecule has 0 aromatic carbocycles. The predicted molar refractivity (Wildman–Crippen MR) is 86.3 cm³/mol. The zero-order chi connectivity index (χ0) is 17.9. The standard InChI is InChI=1S/C17H23F3N2O2/c1-10(2)24-15-5-12-4-13(22-14(12)9-21-15)7-17(23,16(19)20)6-11(3)8-18/h4-5,9-11,16,22-23H,6-8H2,1-3H3. The number of hydrogen-bond donors (Lipinski definition) is 2. The number of nitrogens with one attached hydrogen (secondary N) is 1. The highest BCUT2D eigenvalue weighted by Crippen LogP contribution is 2.30. The van der Waals surface area contributed by atoms with Gasteiger partial charge in [-0.3, -0.25) is 4.39 Å². The zero-order valence-electron chi connectivity index (χ0n) is 14.0. The summed E-state index contributed by atoms with van der Waals surface area (Å²) in [6.07, 6.45) is -2.03. The Hall–Kier alpha value is -1.76. The van der Waals surface area contributed by atoms with Crippen molar-refractivity contribution in [3.05, 3.63) is 24.0 Å². The van der Waals surface area contributed by atoms with Gasteiger partial charge in [0.2, 0.25) is 5.88 Å². The van der Waals surface area contributed by atoms with Crippen LogP contribution in [0.25, 0.3) is 10.9 Å². The normalized spacial score (nSPS) is 15.9. The van der Waals surface area contributed by atoms with Gasteiger partial charge in [0, 0.05) is 23.6 Å². The first-order valence-electron chi connectivity index (χ1n) is 7.94. The van der Waals surface area contributed by atoms with Gasteiger partial charge in [0.1, 0.15) is 5.60 Å². The second kappa shape index (κ2) is 7.42. The van der Waals surface area contributed by atoms with Gasteiger partial charge in [0.15, 0.2) is 0 Å². The molecule has 7 heteroatoms. The highest BCUT2D eigenvalue weighted by Gasteiger charge is 2.39. The molecule has 0 radical (unpaired) electrons. The second-order valence-corrected chi connectivity index (χ2v) is 6.62. The van der Waals surface area contributed by atoms with Crippen LogP contribution in [-0.4, -0.2) is 39.9 Å². The SMILES string of the molecule is CC(CF)CC(O)(Cc1cc2cc(OC(C)C)ncc2[nH]1)C(F)F. The fourth-order valence-electron chi connectivity index (χ4n) is 2.70. The van der Waals surface area contributed by atoms with Crippen LogP contribution in [0.5, 0.6) is 5.88 Å². The molecule has 24 heavy (non-hydrogen) atoms. The van der Waals surface area contributed by atoms with Crippen LogP contribution in [0.4, 0.5) is 13.2 Å². The van der Waals surface area contributed by atoms with Gasteiger partial charge in [-0.25, -0.2) is 13.8 Å². The molecule has 2 aromatic heterocycles. The number of H-pyrrole nitrogens is 1. The Morgan fingerprint density at radius 3 is 2.58 bits per heavy atom. The Bertz CT molecular complexity index is 675. The van der Waals surface area contributed by atoms with Crippen molar-refractivity contribution in [3.8, 4) is 5.88 Å². The Morgan fingerprint density at radius 1 is 1.29 bits per heavy atom. The van der Waals surface area contributed by atoms with Gasteiger partial charge in [-0.15, -0.1) is 0 Å². The lowest BCUT2D eigenvalue weighted by Crippen LogP contribution is -2.41. The van der Waals surface area contributed by atoms with Crippen LogP contribution >= 0.6 is 0 Å². The van der Waals surface area contributed by atoms with Crippen molar-refractivity contribution >= 4 is 10.9 Å². The van der Waals surface area contributed by atoms with Crippen molar-refractivity contribution in [1.29, 1.82) is 0 Å². The van der Waals surface area contributed by atoms with E-state index in [4.69, 9.17) is 4.74 Å². The first kappa shape index (κ1) is 18.6. The molecule has 0 saturated carbocycles. The Kier molecular flexibility index (Phi) is 5.74. The summed E-state index contributed by atoms with van der Waals surface area (Å²) < 4.78 is 44.8. The second-order valence-electron chi connectivity index (χ2n) is 6.62. The van der Waals surface area contributed by atoms with Crippen LogP contribution < -0.4 is 4.74 Å². The molecule has 0 spiro atoms. The van der Waals surface area contributed by atoms with E-state index in [-0.39, 0.29) is 18.9 Å². The maximum atomic E-state index is 13.3. The maximum Gasteiger partial charge on any atom is 0.267 e. The number of rotatable bonds is 8. The van der Waals surface area contributed by atoms with Gasteiger partial charge < -0.3 is 14.8 Å². The van der Waals surface area contributed by atoms with E-state index in [9.17, 15) is 18.3 Å². The molecule has 2 unspecified atom stereocenters. The molecular weight excluding hydrogens is 321 g/mol. The smallest absolute Gasteiger partial charge is 0.267 e. The third-order valence-corrected chi connectivity index (χ3v) is 3.76. The van der Waals surface area contributed by atoms with Gasteiger partial charge in [0.25, 0.3) is 6.43 Å². The number of aromatic amines is 1. The summed E-state index contributed by atoms with van der Waals surface area (Å²) in [5, 5.41) is 11.0. The van der Waals surface area contributed by atoms with Crippen molar-refractivity contribution in [2.75, 3.05) is 6.67 Å². The lowest BCUT2D eigenvalue weighted by molar-refractivity contribution is -0.109. The van der Waals surface area contributed by atoms with E-state index in [0.717, 1.165) is 5.39 Å². The number of ether oxygens (including phenoxy) is 1. The average Bonchev–Trinajstić information content (AvgIpc) is 2.87. The minimum absolute atomic E-state index is 0.0283. The molecular formula is C17H23F3N2O2. The third-order valence-electron chi connectivity index (χ3n) is 3.76. The first-order valence-corrected chi connectivity index (χ1v) is 7.94. The van der Waals surface area contributed by atoms with Gasteiger partial charge in [-0.1, -0.05) is 6.92 Å². The van der Waals surface area contributed by atoms with E-state index in [1.165, 1.54) is 6.92 Å². The number of halogens is 3. The Balaban J connectivity index is 2.24. The molecule has 2 atom stereocenters. The molecule has 0 aliphatic heterocycles. The third kappa shape index (κ3) is 4.41. The van der Waals surface area contributed by atoms with E-state index in [2.05, 4.69) is 9.97 Å². The number of aliphatic hydroxyl groups is 1. The lowest BCUT2D eigenvalue weighted by Gasteiger charge is -2.28. The summed E-state index contributed by atoms with van der Waals surface area (Å²) in [5.74, 6) is -0.195. The molecule has 0 fully saturated rings. The quantitative estimate of drug-likeness (QED) is 0.764. The lowest BCUT2D eigenvalue weighted by atomic mass is 9.88. The number of hydrogen-bond acceptors (Lipinski definition) is 3. The predicted octanol–water partition coefficient (Wildman–Crippen LogP) is 3.88. The Labute approximate surface area is 139 Å². The molecule has 0 saturated heterocycles.